The lowest BCUT2D eigenvalue weighted by molar-refractivity contribution is -0.111. The molecule has 18 heavy (non-hydrogen) atoms. The Bertz CT molecular complexity index is 489. The third-order valence-corrected chi connectivity index (χ3v) is 2.44. The lowest BCUT2D eigenvalue weighted by atomic mass is 10.3. The van der Waals surface area contributed by atoms with Crippen molar-refractivity contribution in [3.8, 4) is 5.75 Å². The predicted octanol–water partition coefficient (Wildman–Crippen LogP) is 3.03. The third kappa shape index (κ3) is 3.40. The smallest absolute Gasteiger partial charge is 0.302 e. The van der Waals surface area contributed by atoms with Gasteiger partial charge in [0.1, 0.15) is 5.75 Å². The van der Waals surface area contributed by atoms with Crippen molar-refractivity contribution in [2.45, 2.75) is 0 Å². The number of anilines is 1. The molecular formula is C14H11NO2S. The van der Waals surface area contributed by atoms with E-state index < -0.39 is 5.91 Å². The molecule has 0 aliphatic carbocycles. The molecule has 1 amide bonds. The largest absolute Gasteiger partial charge is 0.440 e. The highest BCUT2D eigenvalue weighted by Gasteiger charge is 2.11. The fourth-order valence-corrected chi connectivity index (χ4v) is 1.49. The van der Waals surface area contributed by atoms with Gasteiger partial charge in [-0.3, -0.25) is 4.79 Å². The van der Waals surface area contributed by atoms with Crippen molar-refractivity contribution < 1.29 is 9.53 Å². The average Bonchev–Trinajstić information content (AvgIpc) is 2.41. The summed E-state index contributed by atoms with van der Waals surface area (Å²) in [6, 6.07) is 18.1. The minimum Gasteiger partial charge on any atom is -0.440 e. The molecule has 0 fully saturated rings. The number of thiocarbonyl (C=S) groups is 1. The van der Waals surface area contributed by atoms with Crippen LogP contribution in [0.15, 0.2) is 60.7 Å². The molecular weight excluding hydrogens is 246 g/mol. The molecule has 0 bridgehead atoms. The molecule has 3 nitrogen and oxygen atoms in total. The van der Waals surface area contributed by atoms with E-state index in [2.05, 4.69) is 5.32 Å². The van der Waals surface area contributed by atoms with Crippen molar-refractivity contribution in [2.24, 2.45) is 0 Å². The van der Waals surface area contributed by atoms with Crippen LogP contribution in [0.2, 0.25) is 0 Å². The predicted molar refractivity (Wildman–Crippen MR) is 74.7 cm³/mol. The van der Waals surface area contributed by atoms with E-state index in [0.717, 1.165) is 0 Å². The summed E-state index contributed by atoms with van der Waals surface area (Å²) in [5, 5.41) is 2.55. The van der Waals surface area contributed by atoms with Crippen LogP contribution in [0.5, 0.6) is 5.75 Å². The van der Waals surface area contributed by atoms with E-state index >= 15 is 0 Å². The highest BCUT2D eigenvalue weighted by Crippen LogP contribution is 2.10. The van der Waals surface area contributed by atoms with Gasteiger partial charge in [-0.25, -0.2) is 0 Å². The Kier molecular flexibility index (Phi) is 4.04. The summed E-state index contributed by atoms with van der Waals surface area (Å²) in [4.78, 5) is 11.7. The Morgan fingerprint density at radius 2 is 1.50 bits per heavy atom. The van der Waals surface area contributed by atoms with E-state index in [1.165, 1.54) is 0 Å². The molecule has 0 aromatic heterocycles. The maximum absolute atomic E-state index is 11.7. The zero-order valence-corrected chi connectivity index (χ0v) is 10.3. The molecule has 4 heteroatoms. The number of hydrogen-bond donors (Lipinski definition) is 1. The normalized spacial score (nSPS) is 9.56. The van der Waals surface area contributed by atoms with E-state index in [1.54, 1.807) is 24.3 Å². The molecule has 0 aliphatic heterocycles. The van der Waals surface area contributed by atoms with E-state index in [-0.39, 0.29) is 5.05 Å². The van der Waals surface area contributed by atoms with E-state index in [1.807, 2.05) is 36.4 Å². The summed E-state index contributed by atoms with van der Waals surface area (Å²) in [5.74, 6) is 0.116. The van der Waals surface area contributed by atoms with Crippen LogP contribution in [-0.2, 0) is 4.79 Å². The molecule has 2 rings (SSSR count). The lowest BCUT2D eigenvalue weighted by Crippen LogP contribution is -2.25. The zero-order chi connectivity index (χ0) is 12.8. The van der Waals surface area contributed by atoms with Gasteiger partial charge in [0.15, 0.2) is 0 Å². The first-order valence-corrected chi connectivity index (χ1v) is 5.80. The lowest BCUT2D eigenvalue weighted by Gasteiger charge is -2.07. The quantitative estimate of drug-likeness (QED) is 0.840. The highest BCUT2D eigenvalue weighted by atomic mass is 32.1. The monoisotopic (exact) mass is 257 g/mol. The second-order valence-electron chi connectivity index (χ2n) is 3.52. The van der Waals surface area contributed by atoms with Gasteiger partial charge in [0.2, 0.25) is 0 Å². The van der Waals surface area contributed by atoms with Gasteiger partial charge in [-0.15, -0.1) is 0 Å². The van der Waals surface area contributed by atoms with Gasteiger partial charge < -0.3 is 10.1 Å². The number of para-hydroxylation sites is 2. The van der Waals surface area contributed by atoms with Crippen molar-refractivity contribution in [3.05, 3.63) is 60.7 Å². The Balaban J connectivity index is 1.96. The van der Waals surface area contributed by atoms with Gasteiger partial charge in [0.05, 0.1) is 0 Å². The topological polar surface area (TPSA) is 38.3 Å². The molecule has 90 valence electrons. The fraction of sp³-hybridized carbons (Fsp3) is 0. The highest BCUT2D eigenvalue weighted by molar-refractivity contribution is 7.81. The number of carbonyl (C=O) groups is 1. The molecule has 1 N–H and O–H groups in total. The van der Waals surface area contributed by atoms with Crippen molar-refractivity contribution >= 4 is 28.9 Å². The summed E-state index contributed by atoms with van der Waals surface area (Å²) in [5.41, 5.74) is 0.682. The van der Waals surface area contributed by atoms with Crippen molar-refractivity contribution in [1.82, 2.24) is 0 Å². The van der Waals surface area contributed by atoms with E-state index in [0.29, 0.717) is 11.4 Å². The maximum atomic E-state index is 11.7. The van der Waals surface area contributed by atoms with Gasteiger partial charge >= 0.3 is 5.91 Å². The molecule has 2 aromatic carbocycles. The first kappa shape index (κ1) is 12.3. The van der Waals surface area contributed by atoms with Gasteiger partial charge in [0, 0.05) is 5.69 Å². The van der Waals surface area contributed by atoms with Crippen LogP contribution < -0.4 is 10.1 Å². The van der Waals surface area contributed by atoms with Crippen LogP contribution in [0.25, 0.3) is 0 Å². The molecule has 0 heterocycles. The summed E-state index contributed by atoms with van der Waals surface area (Å²) in [7, 11) is 0. The molecule has 0 saturated carbocycles. The van der Waals surface area contributed by atoms with Crippen molar-refractivity contribution in [3.63, 3.8) is 0 Å². The Labute approximate surface area is 110 Å². The minimum absolute atomic E-state index is 0.106. The van der Waals surface area contributed by atoms with Crippen LogP contribution in [-0.4, -0.2) is 11.0 Å². The van der Waals surface area contributed by atoms with Crippen LogP contribution in [0.1, 0.15) is 0 Å². The Hall–Kier alpha value is -2.20. The standard InChI is InChI=1S/C14H11NO2S/c16-13(15-11-7-3-1-4-8-11)14(18)17-12-9-5-2-6-10-12/h1-10H,(H,15,16). The second kappa shape index (κ2) is 5.93. The van der Waals surface area contributed by atoms with E-state index in [9.17, 15) is 4.79 Å². The molecule has 0 spiro atoms. The molecule has 0 radical (unpaired) electrons. The summed E-state index contributed by atoms with van der Waals surface area (Å²) < 4.78 is 5.27. The zero-order valence-electron chi connectivity index (χ0n) is 9.50. The molecule has 0 unspecified atom stereocenters. The van der Waals surface area contributed by atoms with Gasteiger partial charge in [-0.05, 0) is 36.5 Å². The first-order chi connectivity index (χ1) is 8.75. The van der Waals surface area contributed by atoms with Crippen LogP contribution in [0.3, 0.4) is 0 Å². The second-order valence-corrected chi connectivity index (χ2v) is 3.89. The molecule has 0 atom stereocenters. The number of benzene rings is 2. The number of amides is 1. The molecule has 0 saturated heterocycles. The Morgan fingerprint density at radius 3 is 2.11 bits per heavy atom. The van der Waals surface area contributed by atoms with Crippen LogP contribution in [0, 0.1) is 0 Å². The number of hydrogen-bond acceptors (Lipinski definition) is 3. The minimum atomic E-state index is -0.431. The molecule has 2 aromatic rings. The summed E-state index contributed by atoms with van der Waals surface area (Å²) in [6.45, 7) is 0. The van der Waals surface area contributed by atoms with Gasteiger partial charge in [-0.1, -0.05) is 36.4 Å². The SMILES string of the molecule is O=C(Nc1ccccc1)C(=S)Oc1ccccc1. The summed E-state index contributed by atoms with van der Waals surface area (Å²) >= 11 is 4.92. The number of ether oxygens (including phenoxy) is 1. The summed E-state index contributed by atoms with van der Waals surface area (Å²) in [6.07, 6.45) is 0. The van der Waals surface area contributed by atoms with Crippen LogP contribution >= 0.6 is 12.2 Å². The number of nitrogens with one attached hydrogen (secondary N) is 1. The maximum Gasteiger partial charge on any atom is 0.302 e. The Morgan fingerprint density at radius 1 is 0.944 bits per heavy atom. The van der Waals surface area contributed by atoms with E-state index in [4.69, 9.17) is 17.0 Å². The van der Waals surface area contributed by atoms with Crippen molar-refractivity contribution in [2.75, 3.05) is 5.32 Å². The number of carbonyl (C=O) groups excluding carboxylic acids is 1. The van der Waals surface area contributed by atoms with Crippen molar-refractivity contribution in [1.29, 1.82) is 0 Å². The molecule has 0 aliphatic rings. The number of rotatable bonds is 2. The fourth-order valence-electron chi connectivity index (χ4n) is 1.35. The van der Waals surface area contributed by atoms with Gasteiger partial charge in [0.25, 0.3) is 5.05 Å². The third-order valence-electron chi connectivity index (χ3n) is 2.17. The van der Waals surface area contributed by atoms with Crippen LogP contribution in [0.4, 0.5) is 5.69 Å². The average molecular weight is 257 g/mol. The first-order valence-electron chi connectivity index (χ1n) is 5.39. The van der Waals surface area contributed by atoms with Gasteiger partial charge in [-0.2, -0.15) is 0 Å².